The number of carbonyl (C=O) groups is 1. The fourth-order valence-corrected chi connectivity index (χ4v) is 3.17. The molecule has 0 bridgehead atoms. The molecule has 0 spiro atoms. The van der Waals surface area contributed by atoms with Crippen LogP contribution in [0.15, 0.2) is 66.7 Å². The van der Waals surface area contributed by atoms with E-state index in [1.165, 1.54) is 0 Å². The normalized spacial score (nSPS) is 10.5. The molecule has 0 heterocycles. The third-order valence-corrected chi connectivity index (χ3v) is 4.36. The van der Waals surface area contributed by atoms with Crippen LogP contribution in [0.2, 0.25) is 10.0 Å². The van der Waals surface area contributed by atoms with Crippen molar-refractivity contribution in [3.8, 4) is 11.1 Å². The van der Waals surface area contributed by atoms with Gasteiger partial charge in [-0.3, -0.25) is 4.79 Å². The van der Waals surface area contributed by atoms with Crippen LogP contribution >= 0.6 is 23.2 Å². The summed E-state index contributed by atoms with van der Waals surface area (Å²) in [6.07, 6.45) is -0.0828. The molecule has 0 aromatic heterocycles. The van der Waals surface area contributed by atoms with E-state index >= 15 is 0 Å². The lowest BCUT2D eigenvalue weighted by atomic mass is 10.0. The van der Waals surface area contributed by atoms with E-state index in [4.69, 9.17) is 28.3 Å². The van der Waals surface area contributed by atoms with Crippen LogP contribution in [0, 0.1) is 0 Å². The minimum atomic E-state index is -0.897. The second-order valence-electron chi connectivity index (χ2n) is 5.53. The summed E-state index contributed by atoms with van der Waals surface area (Å²) in [6.45, 7) is 0. The van der Waals surface area contributed by atoms with Gasteiger partial charge in [0, 0.05) is 5.69 Å². The monoisotopic (exact) mass is 371 g/mol. The van der Waals surface area contributed by atoms with Crippen LogP contribution in [-0.4, -0.2) is 11.1 Å². The zero-order valence-electron chi connectivity index (χ0n) is 13.2. The predicted octanol–water partition coefficient (Wildman–Crippen LogP) is 6.03. The van der Waals surface area contributed by atoms with Crippen molar-refractivity contribution < 1.29 is 9.90 Å². The van der Waals surface area contributed by atoms with Crippen molar-refractivity contribution in [1.29, 1.82) is 0 Å². The topological polar surface area (TPSA) is 49.3 Å². The van der Waals surface area contributed by atoms with Crippen molar-refractivity contribution in [3.63, 3.8) is 0 Å². The highest BCUT2D eigenvalue weighted by Gasteiger charge is 2.12. The summed E-state index contributed by atoms with van der Waals surface area (Å²) in [5.74, 6) is -0.897. The molecule has 0 aliphatic rings. The molecule has 0 atom stereocenters. The molecule has 0 saturated heterocycles. The number of para-hydroxylation sites is 1. The largest absolute Gasteiger partial charge is 0.481 e. The number of benzene rings is 3. The van der Waals surface area contributed by atoms with Gasteiger partial charge in [-0.15, -0.1) is 0 Å². The van der Waals surface area contributed by atoms with Gasteiger partial charge in [0.25, 0.3) is 0 Å². The first-order valence-corrected chi connectivity index (χ1v) is 8.41. The first-order valence-electron chi connectivity index (χ1n) is 7.66. The van der Waals surface area contributed by atoms with Gasteiger partial charge in [0.05, 0.1) is 22.2 Å². The Balaban J connectivity index is 1.96. The molecule has 126 valence electrons. The fraction of sp³-hybridized carbons (Fsp3) is 0.0500. The van der Waals surface area contributed by atoms with Crippen molar-refractivity contribution in [2.24, 2.45) is 0 Å². The SMILES string of the molecule is O=C(O)Cc1ccccc1Nc1c(Cl)cc(-c2ccccc2)cc1Cl. The van der Waals surface area contributed by atoms with E-state index in [1.54, 1.807) is 18.2 Å². The molecule has 5 heteroatoms. The molecule has 0 saturated carbocycles. The Hall–Kier alpha value is -2.49. The number of nitrogens with one attached hydrogen (secondary N) is 1. The average molecular weight is 372 g/mol. The Morgan fingerprint density at radius 1 is 0.880 bits per heavy atom. The quantitative estimate of drug-likeness (QED) is 0.575. The summed E-state index contributed by atoms with van der Waals surface area (Å²) in [5.41, 5.74) is 3.82. The summed E-state index contributed by atoms with van der Waals surface area (Å²) in [7, 11) is 0. The van der Waals surface area contributed by atoms with Gasteiger partial charge in [-0.1, -0.05) is 71.7 Å². The Morgan fingerprint density at radius 3 is 2.12 bits per heavy atom. The molecule has 3 nitrogen and oxygen atoms in total. The maximum Gasteiger partial charge on any atom is 0.307 e. The van der Waals surface area contributed by atoms with Crippen molar-refractivity contribution in [2.75, 3.05) is 5.32 Å². The molecule has 3 aromatic rings. The van der Waals surface area contributed by atoms with Crippen LogP contribution in [0.5, 0.6) is 0 Å². The summed E-state index contributed by atoms with van der Waals surface area (Å²) < 4.78 is 0. The Kier molecular flexibility index (Phi) is 5.27. The Morgan fingerprint density at radius 2 is 1.48 bits per heavy atom. The number of hydrogen-bond acceptors (Lipinski definition) is 2. The van der Waals surface area contributed by atoms with Gasteiger partial charge < -0.3 is 10.4 Å². The molecule has 25 heavy (non-hydrogen) atoms. The average Bonchev–Trinajstić information content (AvgIpc) is 2.59. The second-order valence-corrected chi connectivity index (χ2v) is 6.35. The van der Waals surface area contributed by atoms with Crippen LogP contribution in [0.25, 0.3) is 11.1 Å². The van der Waals surface area contributed by atoms with Gasteiger partial charge in [-0.05, 0) is 34.9 Å². The number of hydrogen-bond donors (Lipinski definition) is 2. The zero-order valence-corrected chi connectivity index (χ0v) is 14.7. The van der Waals surface area contributed by atoms with E-state index in [0.29, 0.717) is 27.0 Å². The standard InChI is InChI=1S/C20H15Cl2NO2/c21-16-10-15(13-6-2-1-3-7-13)11-17(22)20(16)23-18-9-5-4-8-14(18)12-19(24)25/h1-11,23H,12H2,(H,24,25). The van der Waals surface area contributed by atoms with E-state index in [1.807, 2.05) is 48.5 Å². The summed E-state index contributed by atoms with van der Waals surface area (Å²) in [6, 6.07) is 20.7. The van der Waals surface area contributed by atoms with Crippen molar-refractivity contribution in [1.82, 2.24) is 0 Å². The molecule has 0 fully saturated rings. The van der Waals surface area contributed by atoms with Crippen molar-refractivity contribution >= 4 is 40.5 Å². The number of anilines is 2. The Bertz CT molecular complexity index is 888. The molecular weight excluding hydrogens is 357 g/mol. The Labute approximate surface area is 155 Å². The van der Waals surface area contributed by atoms with Gasteiger partial charge >= 0.3 is 5.97 Å². The van der Waals surface area contributed by atoms with Crippen LogP contribution < -0.4 is 5.32 Å². The highest BCUT2D eigenvalue weighted by atomic mass is 35.5. The second kappa shape index (κ2) is 7.60. The number of carboxylic acid groups (broad SMARTS) is 1. The molecule has 0 amide bonds. The molecule has 2 N–H and O–H groups in total. The van der Waals surface area contributed by atoms with Crippen molar-refractivity contribution in [3.05, 3.63) is 82.3 Å². The van der Waals surface area contributed by atoms with Gasteiger partial charge in [-0.25, -0.2) is 0 Å². The lowest BCUT2D eigenvalue weighted by Gasteiger charge is -2.15. The zero-order chi connectivity index (χ0) is 17.8. The maximum absolute atomic E-state index is 11.0. The van der Waals surface area contributed by atoms with E-state index in [0.717, 1.165) is 11.1 Å². The highest BCUT2D eigenvalue weighted by Crippen LogP contribution is 2.38. The van der Waals surface area contributed by atoms with Gasteiger partial charge in [0.1, 0.15) is 0 Å². The molecule has 3 aromatic carbocycles. The molecule has 3 rings (SSSR count). The minimum absolute atomic E-state index is 0.0828. The van der Waals surface area contributed by atoms with Gasteiger partial charge in [-0.2, -0.15) is 0 Å². The number of halogens is 2. The van der Waals surface area contributed by atoms with E-state index in [2.05, 4.69) is 5.32 Å². The summed E-state index contributed by atoms with van der Waals surface area (Å²) in [5, 5.41) is 13.2. The molecule has 0 radical (unpaired) electrons. The summed E-state index contributed by atoms with van der Waals surface area (Å²) >= 11 is 12.9. The molecule has 0 aliphatic carbocycles. The minimum Gasteiger partial charge on any atom is -0.481 e. The molecule has 0 aliphatic heterocycles. The third kappa shape index (κ3) is 4.13. The van der Waals surface area contributed by atoms with Crippen LogP contribution in [-0.2, 0) is 11.2 Å². The van der Waals surface area contributed by atoms with Crippen LogP contribution in [0.3, 0.4) is 0 Å². The smallest absolute Gasteiger partial charge is 0.307 e. The highest BCUT2D eigenvalue weighted by molar-refractivity contribution is 6.39. The fourth-order valence-electron chi connectivity index (χ4n) is 2.58. The number of rotatable bonds is 5. The number of aliphatic carboxylic acids is 1. The van der Waals surface area contributed by atoms with Crippen molar-refractivity contribution in [2.45, 2.75) is 6.42 Å². The van der Waals surface area contributed by atoms with Crippen LogP contribution in [0.4, 0.5) is 11.4 Å². The van der Waals surface area contributed by atoms with E-state index in [9.17, 15) is 4.79 Å². The first kappa shape index (κ1) is 17.3. The van der Waals surface area contributed by atoms with E-state index in [-0.39, 0.29) is 6.42 Å². The first-order chi connectivity index (χ1) is 12.0. The maximum atomic E-state index is 11.0. The predicted molar refractivity (Wildman–Crippen MR) is 103 cm³/mol. The van der Waals surface area contributed by atoms with Crippen LogP contribution in [0.1, 0.15) is 5.56 Å². The van der Waals surface area contributed by atoms with Gasteiger partial charge in [0.15, 0.2) is 0 Å². The number of carboxylic acids is 1. The van der Waals surface area contributed by atoms with Gasteiger partial charge in [0.2, 0.25) is 0 Å². The molecule has 0 unspecified atom stereocenters. The molecular formula is C20H15Cl2NO2. The van der Waals surface area contributed by atoms with E-state index < -0.39 is 5.97 Å². The lowest BCUT2D eigenvalue weighted by molar-refractivity contribution is -0.136. The summed E-state index contributed by atoms with van der Waals surface area (Å²) in [4.78, 5) is 11.0. The third-order valence-electron chi connectivity index (χ3n) is 3.77. The lowest BCUT2D eigenvalue weighted by Crippen LogP contribution is -2.04.